The van der Waals surface area contributed by atoms with Gasteiger partial charge >= 0.3 is 12.2 Å². The number of hydrogen-bond acceptors (Lipinski definition) is 3. The standard InChI is InChI=1S/C17H12F3N3OS/c1-10-7-8-12-13(9-10)25-15-22-16(17(18,19)20,21-14(24)23(12)15)11-5-3-2-4-6-11/h2-9H,1H3,(H,21,24)/t16-/m1/s1. The smallest absolute Gasteiger partial charge is 0.301 e. The summed E-state index contributed by atoms with van der Waals surface area (Å²) in [6, 6.07) is 11.7. The SMILES string of the molecule is Cc1ccc2c(c1)SC1=N[C@](c3ccccc3)(C(F)(F)F)NC(=O)N12. The minimum absolute atomic E-state index is 0.0190. The molecule has 0 saturated carbocycles. The Morgan fingerprint density at radius 3 is 2.56 bits per heavy atom. The molecule has 4 rings (SSSR count). The topological polar surface area (TPSA) is 44.7 Å². The summed E-state index contributed by atoms with van der Waals surface area (Å²) in [7, 11) is 0. The summed E-state index contributed by atoms with van der Waals surface area (Å²) in [5.74, 6) is 0. The zero-order valence-corrected chi connectivity index (χ0v) is 13.8. The number of amidine groups is 1. The van der Waals surface area contributed by atoms with Crippen molar-refractivity contribution in [2.45, 2.75) is 23.7 Å². The lowest BCUT2D eigenvalue weighted by Gasteiger charge is -2.38. The van der Waals surface area contributed by atoms with Gasteiger partial charge in [0.05, 0.1) is 5.69 Å². The minimum atomic E-state index is -4.78. The van der Waals surface area contributed by atoms with E-state index in [4.69, 9.17) is 0 Å². The molecule has 0 aromatic heterocycles. The van der Waals surface area contributed by atoms with Crippen LogP contribution in [0, 0.1) is 6.92 Å². The largest absolute Gasteiger partial charge is 0.436 e. The maximum atomic E-state index is 14.0. The lowest BCUT2D eigenvalue weighted by molar-refractivity contribution is -0.195. The van der Waals surface area contributed by atoms with Crippen LogP contribution in [0.25, 0.3) is 0 Å². The number of benzene rings is 2. The molecule has 2 aliphatic rings. The molecule has 2 amide bonds. The molecule has 25 heavy (non-hydrogen) atoms. The van der Waals surface area contributed by atoms with E-state index in [9.17, 15) is 18.0 Å². The van der Waals surface area contributed by atoms with Crippen LogP contribution < -0.4 is 10.2 Å². The number of hydrogen-bond donors (Lipinski definition) is 1. The van der Waals surface area contributed by atoms with Gasteiger partial charge in [-0.05, 0) is 36.4 Å². The van der Waals surface area contributed by atoms with E-state index in [1.807, 2.05) is 13.0 Å². The number of amides is 2. The van der Waals surface area contributed by atoms with Crippen molar-refractivity contribution < 1.29 is 18.0 Å². The van der Waals surface area contributed by atoms with E-state index in [0.29, 0.717) is 10.6 Å². The third kappa shape index (κ3) is 2.31. The van der Waals surface area contributed by atoms with Crippen LogP contribution in [0.3, 0.4) is 0 Å². The van der Waals surface area contributed by atoms with Gasteiger partial charge in [-0.15, -0.1) is 0 Å². The maximum Gasteiger partial charge on any atom is 0.436 e. The van der Waals surface area contributed by atoms with Crippen molar-refractivity contribution in [2.75, 3.05) is 4.90 Å². The van der Waals surface area contributed by atoms with Crippen molar-refractivity contribution in [3.05, 3.63) is 59.7 Å². The van der Waals surface area contributed by atoms with Crippen LogP contribution in [-0.4, -0.2) is 17.4 Å². The lowest BCUT2D eigenvalue weighted by Crippen LogP contribution is -2.62. The molecular formula is C17H12F3N3OS. The van der Waals surface area contributed by atoms with E-state index in [-0.39, 0.29) is 10.7 Å². The van der Waals surface area contributed by atoms with Crippen molar-refractivity contribution in [3.8, 4) is 0 Å². The van der Waals surface area contributed by atoms with Crippen LogP contribution in [0.2, 0.25) is 0 Å². The van der Waals surface area contributed by atoms with Crippen LogP contribution >= 0.6 is 11.8 Å². The first-order valence-corrected chi connectivity index (χ1v) is 8.26. The fourth-order valence-electron chi connectivity index (χ4n) is 2.90. The highest BCUT2D eigenvalue weighted by Gasteiger charge is 2.61. The summed E-state index contributed by atoms with van der Waals surface area (Å²) < 4.78 is 41.9. The van der Waals surface area contributed by atoms with Crippen LogP contribution in [-0.2, 0) is 5.66 Å². The Balaban J connectivity index is 1.90. The minimum Gasteiger partial charge on any atom is -0.301 e. The van der Waals surface area contributed by atoms with Crippen molar-refractivity contribution in [3.63, 3.8) is 0 Å². The summed E-state index contributed by atoms with van der Waals surface area (Å²) in [4.78, 5) is 18.4. The van der Waals surface area contributed by atoms with Gasteiger partial charge in [0.1, 0.15) is 0 Å². The van der Waals surface area contributed by atoms with Crippen LogP contribution in [0.1, 0.15) is 11.1 Å². The van der Waals surface area contributed by atoms with E-state index in [1.165, 1.54) is 29.2 Å². The number of carbonyl (C=O) groups is 1. The number of thioether (sulfide) groups is 1. The fourth-order valence-corrected chi connectivity index (χ4v) is 4.06. The van der Waals surface area contributed by atoms with Gasteiger partial charge < -0.3 is 5.32 Å². The maximum absolute atomic E-state index is 14.0. The Hall–Kier alpha value is -2.48. The van der Waals surface area contributed by atoms with Crippen LogP contribution in [0.5, 0.6) is 0 Å². The zero-order valence-electron chi connectivity index (χ0n) is 13.0. The highest BCUT2D eigenvalue weighted by Crippen LogP contribution is 2.48. The molecule has 0 spiro atoms. The number of rotatable bonds is 1. The number of alkyl halides is 3. The number of urea groups is 1. The molecule has 0 unspecified atom stereocenters. The second-order valence-electron chi connectivity index (χ2n) is 5.81. The summed E-state index contributed by atoms with van der Waals surface area (Å²) in [6.45, 7) is 1.88. The quantitative estimate of drug-likeness (QED) is 0.816. The van der Waals surface area contributed by atoms with E-state index < -0.39 is 17.9 Å². The molecule has 1 N–H and O–H groups in total. The second-order valence-corrected chi connectivity index (χ2v) is 6.82. The van der Waals surface area contributed by atoms with Crippen molar-refractivity contribution in [2.24, 2.45) is 4.99 Å². The summed E-state index contributed by atoms with van der Waals surface area (Å²) in [5, 5.41) is 2.09. The molecule has 0 fully saturated rings. The van der Waals surface area contributed by atoms with Gasteiger partial charge in [0, 0.05) is 10.5 Å². The first kappa shape index (κ1) is 16.0. The van der Waals surface area contributed by atoms with Gasteiger partial charge in [-0.1, -0.05) is 36.4 Å². The van der Waals surface area contributed by atoms with E-state index in [0.717, 1.165) is 17.3 Å². The molecular weight excluding hydrogens is 351 g/mol. The molecule has 4 nitrogen and oxygen atoms in total. The number of fused-ring (bicyclic) bond motifs is 3. The molecule has 1 atom stereocenters. The Bertz CT molecular complexity index is 898. The third-order valence-electron chi connectivity index (χ3n) is 4.10. The van der Waals surface area contributed by atoms with Crippen LogP contribution in [0.15, 0.2) is 58.4 Å². The average molecular weight is 363 g/mol. The van der Waals surface area contributed by atoms with Gasteiger partial charge in [0.25, 0.3) is 5.66 Å². The molecule has 2 heterocycles. The van der Waals surface area contributed by atoms with Gasteiger partial charge in [-0.3, -0.25) is 0 Å². The molecule has 8 heteroatoms. The Morgan fingerprint density at radius 2 is 1.88 bits per heavy atom. The van der Waals surface area contributed by atoms with Crippen molar-refractivity contribution >= 4 is 28.6 Å². The number of nitrogens with zero attached hydrogens (tertiary/aromatic N) is 2. The number of aryl methyl sites for hydroxylation is 1. The summed E-state index contributed by atoms with van der Waals surface area (Å²) in [6.07, 6.45) is -4.78. The molecule has 2 aliphatic heterocycles. The van der Waals surface area contributed by atoms with E-state index >= 15 is 0 Å². The van der Waals surface area contributed by atoms with E-state index in [1.54, 1.807) is 18.2 Å². The Morgan fingerprint density at radius 1 is 1.16 bits per heavy atom. The molecule has 0 saturated heterocycles. The normalized spacial score (nSPS) is 22.2. The van der Waals surface area contributed by atoms with Gasteiger partial charge in [0.15, 0.2) is 5.17 Å². The Labute approximate surface area is 145 Å². The second kappa shape index (κ2) is 5.26. The predicted octanol–water partition coefficient (Wildman–Crippen LogP) is 4.40. The predicted molar refractivity (Wildman–Crippen MR) is 89.7 cm³/mol. The van der Waals surface area contributed by atoms with Gasteiger partial charge in [-0.2, -0.15) is 13.2 Å². The third-order valence-corrected chi connectivity index (χ3v) is 5.11. The monoisotopic (exact) mass is 363 g/mol. The average Bonchev–Trinajstić information content (AvgIpc) is 2.92. The van der Waals surface area contributed by atoms with Crippen LogP contribution in [0.4, 0.5) is 23.7 Å². The number of aliphatic imine (C=N–C) groups is 1. The number of anilines is 1. The summed E-state index contributed by atoms with van der Waals surface area (Å²) in [5.41, 5.74) is -1.43. The zero-order chi connectivity index (χ0) is 17.8. The summed E-state index contributed by atoms with van der Waals surface area (Å²) >= 11 is 1.07. The number of nitrogens with one attached hydrogen (secondary N) is 1. The Kier molecular flexibility index (Phi) is 3.37. The lowest BCUT2D eigenvalue weighted by atomic mass is 9.98. The van der Waals surface area contributed by atoms with Crippen molar-refractivity contribution in [1.82, 2.24) is 5.32 Å². The highest BCUT2D eigenvalue weighted by atomic mass is 32.2. The van der Waals surface area contributed by atoms with Gasteiger partial charge in [-0.25, -0.2) is 14.7 Å². The highest BCUT2D eigenvalue weighted by molar-refractivity contribution is 8.15. The molecule has 2 aromatic carbocycles. The molecule has 0 aliphatic carbocycles. The fraction of sp³-hybridized carbons (Fsp3) is 0.176. The number of halogens is 3. The molecule has 2 aromatic rings. The number of carbonyl (C=O) groups excluding carboxylic acids is 1. The van der Waals surface area contributed by atoms with Gasteiger partial charge in [0.2, 0.25) is 0 Å². The first-order chi connectivity index (χ1) is 11.8. The first-order valence-electron chi connectivity index (χ1n) is 7.45. The van der Waals surface area contributed by atoms with E-state index in [2.05, 4.69) is 10.3 Å². The molecule has 0 bridgehead atoms. The van der Waals surface area contributed by atoms with Crippen molar-refractivity contribution in [1.29, 1.82) is 0 Å². The molecule has 0 radical (unpaired) electrons. The molecule has 128 valence electrons.